The van der Waals surface area contributed by atoms with Gasteiger partial charge in [0.25, 0.3) is 5.69 Å². The summed E-state index contributed by atoms with van der Waals surface area (Å²) in [4.78, 5) is 21.1. The van der Waals surface area contributed by atoms with Gasteiger partial charge in [-0.15, -0.1) is 0 Å². The number of hydrogen-bond donors (Lipinski definition) is 1. The van der Waals surface area contributed by atoms with Crippen LogP contribution < -0.4 is 0 Å². The van der Waals surface area contributed by atoms with Crippen molar-refractivity contribution >= 4 is 22.6 Å². The zero-order valence-corrected chi connectivity index (χ0v) is 9.08. The first kappa shape index (κ1) is 11.1. The highest BCUT2D eigenvalue weighted by molar-refractivity contribution is 5.94. The summed E-state index contributed by atoms with van der Waals surface area (Å²) in [6.45, 7) is 0. The van der Waals surface area contributed by atoms with E-state index in [1.54, 1.807) is 29.8 Å². The Kier molecular flexibility index (Phi) is 2.55. The summed E-state index contributed by atoms with van der Waals surface area (Å²) >= 11 is 0. The lowest BCUT2D eigenvalue weighted by Gasteiger charge is -2.00. The number of fused-ring (bicyclic) bond motifs is 1. The highest BCUT2D eigenvalue weighted by atomic mass is 16.6. The number of carboxylic acids is 1. The van der Waals surface area contributed by atoms with Crippen molar-refractivity contribution in [3.05, 3.63) is 40.1 Å². The molecule has 1 N–H and O–H groups in total. The zero-order valence-electron chi connectivity index (χ0n) is 9.08. The molecule has 0 bridgehead atoms. The van der Waals surface area contributed by atoms with Crippen LogP contribution in [0.2, 0.25) is 0 Å². The molecule has 88 valence electrons. The SMILES string of the molecule is Cn1cc([N+](=O)[O-])c2c(CC(=O)O)cccc21. The van der Waals surface area contributed by atoms with Gasteiger partial charge in [-0.1, -0.05) is 12.1 Å². The molecule has 1 aromatic carbocycles. The largest absolute Gasteiger partial charge is 0.481 e. The average molecular weight is 234 g/mol. The number of aliphatic carboxylic acids is 1. The lowest BCUT2D eigenvalue weighted by Crippen LogP contribution is -2.01. The van der Waals surface area contributed by atoms with Crippen LogP contribution in [0.4, 0.5) is 5.69 Å². The van der Waals surface area contributed by atoms with E-state index in [4.69, 9.17) is 5.11 Å². The third kappa shape index (κ3) is 1.84. The molecule has 0 spiro atoms. The van der Waals surface area contributed by atoms with Crippen LogP contribution in [0.1, 0.15) is 5.56 Å². The highest BCUT2D eigenvalue weighted by Gasteiger charge is 2.20. The number of aryl methyl sites for hydroxylation is 1. The summed E-state index contributed by atoms with van der Waals surface area (Å²) in [7, 11) is 1.69. The van der Waals surface area contributed by atoms with Gasteiger partial charge in [0.05, 0.1) is 28.4 Å². The molecule has 0 fully saturated rings. The van der Waals surface area contributed by atoms with E-state index in [1.807, 2.05) is 0 Å². The van der Waals surface area contributed by atoms with E-state index in [2.05, 4.69) is 0 Å². The minimum absolute atomic E-state index is 0.0562. The molecular formula is C11H10N2O4. The predicted molar refractivity (Wildman–Crippen MR) is 60.9 cm³/mol. The number of carboxylic acid groups (broad SMARTS) is 1. The second kappa shape index (κ2) is 3.89. The van der Waals surface area contributed by atoms with E-state index in [9.17, 15) is 14.9 Å². The number of nitro groups is 1. The van der Waals surface area contributed by atoms with E-state index < -0.39 is 10.9 Å². The lowest BCUT2D eigenvalue weighted by atomic mass is 10.1. The maximum Gasteiger partial charge on any atom is 0.307 e. The van der Waals surface area contributed by atoms with Crippen molar-refractivity contribution in [2.75, 3.05) is 0 Å². The summed E-state index contributed by atoms with van der Waals surface area (Å²) in [5.41, 5.74) is 1.07. The fourth-order valence-corrected chi connectivity index (χ4v) is 1.94. The molecule has 0 radical (unpaired) electrons. The summed E-state index contributed by atoms with van der Waals surface area (Å²) < 4.78 is 1.62. The summed E-state index contributed by atoms with van der Waals surface area (Å²) in [6, 6.07) is 5.03. The Balaban J connectivity index is 2.76. The molecular weight excluding hydrogens is 224 g/mol. The van der Waals surface area contributed by atoms with E-state index in [1.165, 1.54) is 6.20 Å². The summed E-state index contributed by atoms with van der Waals surface area (Å²) in [5, 5.41) is 20.1. The molecule has 6 heteroatoms. The molecule has 0 saturated carbocycles. The van der Waals surface area contributed by atoms with Crippen molar-refractivity contribution in [1.29, 1.82) is 0 Å². The first-order valence-electron chi connectivity index (χ1n) is 4.94. The molecule has 0 amide bonds. The molecule has 17 heavy (non-hydrogen) atoms. The molecule has 1 heterocycles. The Morgan fingerprint density at radius 3 is 2.82 bits per heavy atom. The molecule has 0 atom stereocenters. The van der Waals surface area contributed by atoms with Crippen molar-refractivity contribution in [1.82, 2.24) is 4.57 Å². The molecule has 6 nitrogen and oxygen atoms in total. The van der Waals surface area contributed by atoms with Crippen molar-refractivity contribution in [3.63, 3.8) is 0 Å². The average Bonchev–Trinajstić information content (AvgIpc) is 2.57. The molecule has 2 rings (SSSR count). The molecule has 0 aliphatic rings. The predicted octanol–water partition coefficient (Wildman–Crippen LogP) is 1.71. The lowest BCUT2D eigenvalue weighted by molar-refractivity contribution is -0.383. The maximum absolute atomic E-state index is 10.9. The molecule has 2 aromatic rings. The van der Waals surface area contributed by atoms with Crippen molar-refractivity contribution in [2.45, 2.75) is 6.42 Å². The first-order chi connectivity index (χ1) is 8.00. The van der Waals surface area contributed by atoms with E-state index in [0.29, 0.717) is 16.5 Å². The second-order valence-corrected chi connectivity index (χ2v) is 3.76. The van der Waals surface area contributed by atoms with Gasteiger partial charge in [0.15, 0.2) is 0 Å². The van der Waals surface area contributed by atoms with Gasteiger partial charge < -0.3 is 9.67 Å². The van der Waals surface area contributed by atoms with Gasteiger partial charge in [0, 0.05) is 7.05 Å². The number of nitrogens with zero attached hydrogens (tertiary/aromatic N) is 2. The van der Waals surface area contributed by atoms with Crippen LogP contribution in [-0.2, 0) is 18.3 Å². The Morgan fingerprint density at radius 1 is 1.53 bits per heavy atom. The highest BCUT2D eigenvalue weighted by Crippen LogP contribution is 2.30. The number of benzene rings is 1. The third-order valence-electron chi connectivity index (χ3n) is 2.62. The molecule has 1 aromatic heterocycles. The number of hydrogen-bond acceptors (Lipinski definition) is 3. The number of aromatic nitrogens is 1. The standard InChI is InChI=1S/C11H10N2O4/c1-12-6-9(13(16)17)11-7(5-10(14)15)3-2-4-8(11)12/h2-4,6H,5H2,1H3,(H,14,15). The van der Waals surface area contributed by atoms with Crippen LogP contribution in [0.15, 0.2) is 24.4 Å². The maximum atomic E-state index is 10.9. The quantitative estimate of drug-likeness (QED) is 0.647. The summed E-state index contributed by atoms with van der Waals surface area (Å²) in [6.07, 6.45) is 1.18. The minimum Gasteiger partial charge on any atom is -0.481 e. The van der Waals surface area contributed by atoms with Crippen LogP contribution >= 0.6 is 0 Å². The number of carbonyl (C=O) groups is 1. The van der Waals surface area contributed by atoms with Crippen molar-refractivity contribution < 1.29 is 14.8 Å². The van der Waals surface area contributed by atoms with E-state index in [-0.39, 0.29) is 12.1 Å². The zero-order chi connectivity index (χ0) is 12.6. The van der Waals surface area contributed by atoms with Gasteiger partial charge in [0.1, 0.15) is 0 Å². The van der Waals surface area contributed by atoms with Gasteiger partial charge >= 0.3 is 5.97 Å². The first-order valence-corrected chi connectivity index (χ1v) is 4.94. The van der Waals surface area contributed by atoms with Crippen LogP contribution in [0.3, 0.4) is 0 Å². The minimum atomic E-state index is -1.00. The third-order valence-corrected chi connectivity index (χ3v) is 2.62. The van der Waals surface area contributed by atoms with Crippen LogP contribution in [0, 0.1) is 10.1 Å². The molecule has 0 saturated heterocycles. The Hall–Kier alpha value is -2.37. The van der Waals surface area contributed by atoms with Crippen molar-refractivity contribution in [3.8, 4) is 0 Å². The fraction of sp³-hybridized carbons (Fsp3) is 0.182. The molecule has 0 unspecified atom stereocenters. The fourth-order valence-electron chi connectivity index (χ4n) is 1.94. The van der Waals surface area contributed by atoms with Crippen LogP contribution in [0.5, 0.6) is 0 Å². The smallest absolute Gasteiger partial charge is 0.307 e. The Labute approximate surface area is 96.2 Å². The second-order valence-electron chi connectivity index (χ2n) is 3.76. The Bertz CT molecular complexity index is 615. The van der Waals surface area contributed by atoms with Gasteiger partial charge in [0.2, 0.25) is 0 Å². The molecule has 0 aliphatic heterocycles. The van der Waals surface area contributed by atoms with Gasteiger partial charge in [-0.3, -0.25) is 14.9 Å². The topological polar surface area (TPSA) is 85.4 Å². The summed E-state index contributed by atoms with van der Waals surface area (Å²) in [5.74, 6) is -1.00. The normalized spacial score (nSPS) is 10.6. The Morgan fingerprint density at radius 2 is 2.24 bits per heavy atom. The van der Waals surface area contributed by atoms with Gasteiger partial charge in [-0.05, 0) is 11.6 Å². The van der Waals surface area contributed by atoms with E-state index in [0.717, 1.165) is 0 Å². The number of rotatable bonds is 3. The van der Waals surface area contributed by atoms with E-state index >= 15 is 0 Å². The van der Waals surface area contributed by atoms with Crippen LogP contribution in [0.25, 0.3) is 10.9 Å². The monoisotopic (exact) mass is 234 g/mol. The van der Waals surface area contributed by atoms with Crippen molar-refractivity contribution in [2.24, 2.45) is 7.05 Å². The van der Waals surface area contributed by atoms with Gasteiger partial charge in [-0.2, -0.15) is 0 Å². The van der Waals surface area contributed by atoms with Crippen LogP contribution in [-0.4, -0.2) is 20.6 Å². The molecule has 0 aliphatic carbocycles. The van der Waals surface area contributed by atoms with Gasteiger partial charge in [-0.25, -0.2) is 0 Å².